The van der Waals surface area contributed by atoms with Crippen molar-refractivity contribution in [2.75, 3.05) is 24.6 Å². The van der Waals surface area contributed by atoms with Crippen LogP contribution in [0.1, 0.15) is 30.3 Å². The van der Waals surface area contributed by atoms with Gasteiger partial charge in [-0.25, -0.2) is 18.2 Å². The summed E-state index contributed by atoms with van der Waals surface area (Å²) < 4.78 is 47.2. The lowest BCUT2D eigenvalue weighted by molar-refractivity contribution is -0.184. The molecule has 1 aromatic heterocycles. The van der Waals surface area contributed by atoms with Crippen molar-refractivity contribution in [1.82, 2.24) is 15.3 Å². The van der Waals surface area contributed by atoms with Crippen LogP contribution in [0.2, 0.25) is 0 Å². The molecule has 2 saturated heterocycles. The molecular weight excluding hydrogens is 377 g/mol. The Morgan fingerprint density at radius 1 is 1.18 bits per heavy atom. The number of hydroxylamine groups is 2. The summed E-state index contributed by atoms with van der Waals surface area (Å²) in [5.41, 5.74) is 0.289. The zero-order valence-electron chi connectivity index (χ0n) is 15.1. The number of carbonyl (C=O) groups is 1. The molecule has 0 bridgehead atoms. The van der Waals surface area contributed by atoms with E-state index in [4.69, 9.17) is 9.25 Å². The van der Waals surface area contributed by atoms with Crippen LogP contribution >= 0.6 is 0 Å². The fourth-order valence-electron chi connectivity index (χ4n) is 3.69. The highest BCUT2D eigenvalue weighted by Crippen LogP contribution is 2.35. The number of carbonyl (C=O) groups excluding carboxylic acids is 1. The van der Waals surface area contributed by atoms with E-state index in [0.29, 0.717) is 18.9 Å². The van der Waals surface area contributed by atoms with Gasteiger partial charge in [-0.2, -0.15) is 0 Å². The van der Waals surface area contributed by atoms with E-state index in [2.05, 4.69) is 10.2 Å². The quantitative estimate of drug-likeness (QED) is 0.795. The summed E-state index contributed by atoms with van der Waals surface area (Å²) in [7, 11) is 0. The van der Waals surface area contributed by atoms with Crippen LogP contribution in [-0.2, 0) is 9.63 Å². The van der Waals surface area contributed by atoms with Gasteiger partial charge in [-0.05, 0) is 24.1 Å². The van der Waals surface area contributed by atoms with E-state index >= 15 is 0 Å². The Morgan fingerprint density at radius 3 is 2.57 bits per heavy atom. The van der Waals surface area contributed by atoms with E-state index in [9.17, 15) is 18.0 Å². The molecule has 3 atom stereocenters. The molecule has 1 amide bonds. The first-order valence-corrected chi connectivity index (χ1v) is 9.03. The standard InChI is InChI=1S/C18H19F3N4O3/c1-10-22-23-18(28-10)24-4-2-14(15(21)9-24)17(26)25-16(3-5-27-25)11-6-12(19)8-13(20)7-11/h6-8,14-16H,2-5,9H2,1H3/t14-,15+,16+/m1/s1. The number of hydrogen-bond acceptors (Lipinski definition) is 6. The van der Waals surface area contributed by atoms with Gasteiger partial charge in [0, 0.05) is 26.0 Å². The molecule has 7 nitrogen and oxygen atoms in total. The summed E-state index contributed by atoms with van der Waals surface area (Å²) in [6.45, 7) is 2.15. The first-order valence-electron chi connectivity index (χ1n) is 9.03. The van der Waals surface area contributed by atoms with Crippen LogP contribution in [0.25, 0.3) is 0 Å². The monoisotopic (exact) mass is 396 g/mol. The van der Waals surface area contributed by atoms with E-state index in [1.54, 1.807) is 11.8 Å². The van der Waals surface area contributed by atoms with Gasteiger partial charge in [-0.15, -0.1) is 5.10 Å². The number of benzene rings is 1. The van der Waals surface area contributed by atoms with E-state index in [1.165, 1.54) is 0 Å². The number of aryl methyl sites for hydroxylation is 1. The molecule has 0 N–H and O–H groups in total. The third-order valence-corrected chi connectivity index (χ3v) is 5.04. The van der Waals surface area contributed by atoms with Gasteiger partial charge in [0.15, 0.2) is 0 Å². The van der Waals surface area contributed by atoms with Crippen LogP contribution in [0.5, 0.6) is 0 Å². The Kier molecular flexibility index (Phi) is 4.96. The summed E-state index contributed by atoms with van der Waals surface area (Å²) in [6, 6.07) is 2.66. The Bertz CT molecular complexity index is 857. The molecule has 2 aliphatic heterocycles. The summed E-state index contributed by atoms with van der Waals surface area (Å²) in [5, 5.41) is 8.66. The van der Waals surface area contributed by atoms with Crippen molar-refractivity contribution in [2.24, 2.45) is 5.92 Å². The smallest absolute Gasteiger partial charge is 0.318 e. The first-order chi connectivity index (χ1) is 13.4. The molecule has 0 unspecified atom stereocenters. The van der Waals surface area contributed by atoms with Gasteiger partial charge in [0.2, 0.25) is 5.89 Å². The van der Waals surface area contributed by atoms with Crippen molar-refractivity contribution in [2.45, 2.75) is 32.0 Å². The maximum absolute atomic E-state index is 14.8. The van der Waals surface area contributed by atoms with Crippen LogP contribution in [0.3, 0.4) is 0 Å². The zero-order valence-corrected chi connectivity index (χ0v) is 15.1. The molecule has 3 heterocycles. The molecule has 1 aromatic carbocycles. The number of halogens is 3. The second-order valence-electron chi connectivity index (χ2n) is 6.97. The minimum Gasteiger partial charge on any atom is -0.408 e. The average molecular weight is 396 g/mol. The Morgan fingerprint density at radius 2 is 1.93 bits per heavy atom. The molecule has 2 aliphatic rings. The predicted molar refractivity (Wildman–Crippen MR) is 90.8 cm³/mol. The normalized spacial score (nSPS) is 25.4. The van der Waals surface area contributed by atoms with Crippen molar-refractivity contribution < 1.29 is 27.2 Å². The highest BCUT2D eigenvalue weighted by atomic mass is 19.1. The zero-order chi connectivity index (χ0) is 19.8. The van der Waals surface area contributed by atoms with Crippen molar-refractivity contribution in [3.05, 3.63) is 41.3 Å². The van der Waals surface area contributed by atoms with Gasteiger partial charge in [0.25, 0.3) is 5.91 Å². The van der Waals surface area contributed by atoms with Gasteiger partial charge in [0.1, 0.15) is 17.8 Å². The molecule has 2 fully saturated rings. The molecule has 28 heavy (non-hydrogen) atoms. The number of anilines is 1. The molecule has 0 radical (unpaired) electrons. The van der Waals surface area contributed by atoms with Crippen molar-refractivity contribution in [1.29, 1.82) is 0 Å². The van der Waals surface area contributed by atoms with Crippen LogP contribution < -0.4 is 4.90 Å². The molecule has 150 valence electrons. The largest absolute Gasteiger partial charge is 0.408 e. The lowest BCUT2D eigenvalue weighted by atomic mass is 9.93. The second kappa shape index (κ2) is 7.42. The highest BCUT2D eigenvalue weighted by Gasteiger charge is 2.42. The number of piperidine rings is 1. The topological polar surface area (TPSA) is 71.7 Å². The molecule has 4 rings (SSSR count). The number of nitrogens with zero attached hydrogens (tertiary/aromatic N) is 4. The Balaban J connectivity index is 1.47. The van der Waals surface area contributed by atoms with Crippen LogP contribution in [0.4, 0.5) is 19.2 Å². The van der Waals surface area contributed by atoms with E-state index in [-0.39, 0.29) is 31.2 Å². The summed E-state index contributed by atoms with van der Waals surface area (Å²) in [6.07, 6.45) is -0.862. The molecular formula is C18H19F3N4O3. The molecule has 2 aromatic rings. The van der Waals surface area contributed by atoms with Crippen LogP contribution in [0, 0.1) is 24.5 Å². The highest BCUT2D eigenvalue weighted by molar-refractivity contribution is 5.79. The van der Waals surface area contributed by atoms with Crippen molar-refractivity contribution in [3.8, 4) is 0 Å². The maximum Gasteiger partial charge on any atom is 0.318 e. The number of amides is 1. The summed E-state index contributed by atoms with van der Waals surface area (Å²) in [5.74, 6) is -2.54. The number of rotatable bonds is 3. The van der Waals surface area contributed by atoms with E-state index in [0.717, 1.165) is 23.3 Å². The van der Waals surface area contributed by atoms with E-state index < -0.39 is 35.7 Å². The number of hydrogen-bond donors (Lipinski definition) is 0. The summed E-state index contributed by atoms with van der Waals surface area (Å²) in [4.78, 5) is 19.9. The molecule has 0 aliphatic carbocycles. The molecule has 0 saturated carbocycles. The van der Waals surface area contributed by atoms with Crippen molar-refractivity contribution >= 4 is 11.9 Å². The number of aromatic nitrogens is 2. The van der Waals surface area contributed by atoms with Gasteiger partial charge in [-0.1, -0.05) is 5.10 Å². The third-order valence-electron chi connectivity index (χ3n) is 5.04. The van der Waals surface area contributed by atoms with Gasteiger partial charge < -0.3 is 9.32 Å². The number of alkyl halides is 1. The van der Waals surface area contributed by atoms with Crippen LogP contribution in [-0.4, -0.2) is 47.0 Å². The minimum atomic E-state index is -1.47. The molecule has 0 spiro atoms. The van der Waals surface area contributed by atoms with Gasteiger partial charge in [0.05, 0.1) is 25.1 Å². The Labute approximate surface area is 159 Å². The van der Waals surface area contributed by atoms with Gasteiger partial charge in [-0.3, -0.25) is 9.63 Å². The lowest BCUT2D eigenvalue weighted by Gasteiger charge is -2.35. The average Bonchev–Trinajstić information content (AvgIpc) is 3.29. The van der Waals surface area contributed by atoms with E-state index in [1.807, 2.05) is 0 Å². The fourth-order valence-corrected chi connectivity index (χ4v) is 3.69. The van der Waals surface area contributed by atoms with Crippen LogP contribution in [0.15, 0.2) is 22.6 Å². The molecule has 10 heteroatoms. The third kappa shape index (κ3) is 3.56. The first kappa shape index (κ1) is 18.7. The predicted octanol–water partition coefficient (Wildman–Crippen LogP) is 2.73. The summed E-state index contributed by atoms with van der Waals surface area (Å²) >= 11 is 0. The minimum absolute atomic E-state index is 0.0643. The van der Waals surface area contributed by atoms with Gasteiger partial charge >= 0.3 is 6.01 Å². The lowest BCUT2D eigenvalue weighted by Crippen LogP contribution is -2.48. The maximum atomic E-state index is 14.8. The fraction of sp³-hybridized carbons (Fsp3) is 0.500. The van der Waals surface area contributed by atoms with Crippen molar-refractivity contribution in [3.63, 3.8) is 0 Å². The SMILES string of the molecule is Cc1nnc(N2CC[C@@H](C(=O)N3OCC[C@H]3c3cc(F)cc(F)c3)[C@@H](F)C2)o1. The Hall–Kier alpha value is -2.62. The second-order valence-corrected chi connectivity index (χ2v) is 6.97.